The van der Waals surface area contributed by atoms with Crippen LogP contribution >= 0.6 is 0 Å². The van der Waals surface area contributed by atoms with Crippen LogP contribution in [0.5, 0.6) is 0 Å². The van der Waals surface area contributed by atoms with E-state index in [9.17, 15) is 4.79 Å². The molecule has 0 N–H and O–H groups in total. The maximum atomic E-state index is 12.6. The molecule has 5 nitrogen and oxygen atoms in total. The first-order valence-corrected chi connectivity index (χ1v) is 10.3. The second kappa shape index (κ2) is 8.03. The molecule has 152 valence electrons. The second-order valence-corrected chi connectivity index (χ2v) is 7.30. The Balaban J connectivity index is 1.86. The Morgan fingerprint density at radius 3 is 2.55 bits per heavy atom. The monoisotopic (exact) mass is 407 g/mol. The fourth-order valence-electron chi connectivity index (χ4n) is 4.02. The maximum Gasteiger partial charge on any atom is 0.356 e. The Morgan fingerprint density at radius 1 is 0.968 bits per heavy atom. The third kappa shape index (κ3) is 3.44. The molecule has 0 bridgehead atoms. The molecule has 5 aromatic rings. The van der Waals surface area contributed by atoms with Gasteiger partial charge in [-0.1, -0.05) is 48.5 Å². The van der Waals surface area contributed by atoms with Gasteiger partial charge < -0.3 is 9.30 Å². The molecule has 5 heteroatoms. The van der Waals surface area contributed by atoms with Gasteiger partial charge in [0.25, 0.3) is 0 Å². The van der Waals surface area contributed by atoms with Crippen LogP contribution in [0.15, 0.2) is 85.2 Å². The molecule has 0 unspecified atom stereocenters. The summed E-state index contributed by atoms with van der Waals surface area (Å²) in [7, 11) is 0. The van der Waals surface area contributed by atoms with E-state index in [4.69, 9.17) is 9.72 Å². The number of pyridine rings is 2. The first kappa shape index (κ1) is 19.0. The molecule has 0 amide bonds. The number of hydrogen-bond acceptors (Lipinski definition) is 4. The van der Waals surface area contributed by atoms with Crippen molar-refractivity contribution < 1.29 is 9.53 Å². The zero-order valence-corrected chi connectivity index (χ0v) is 17.2. The third-order valence-corrected chi connectivity index (χ3v) is 5.35. The number of hydrogen-bond donors (Lipinski definition) is 0. The Morgan fingerprint density at radius 2 is 1.77 bits per heavy atom. The van der Waals surface area contributed by atoms with Gasteiger partial charge in [0.2, 0.25) is 0 Å². The highest BCUT2D eigenvalue weighted by Gasteiger charge is 2.21. The Bertz CT molecular complexity index is 1380. The maximum absolute atomic E-state index is 12.6. The highest BCUT2D eigenvalue weighted by Crippen LogP contribution is 2.36. The summed E-state index contributed by atoms with van der Waals surface area (Å²) in [6.45, 7) is 2.79. The predicted octanol–water partition coefficient (Wildman–Crippen LogP) is 5.48. The fraction of sp³-hybridized carbons (Fsp3) is 0.115. The van der Waals surface area contributed by atoms with Crippen LogP contribution in [-0.4, -0.2) is 27.1 Å². The van der Waals surface area contributed by atoms with Crippen molar-refractivity contribution in [1.82, 2.24) is 14.5 Å². The lowest BCUT2D eigenvalue weighted by Crippen LogP contribution is -2.09. The van der Waals surface area contributed by atoms with E-state index in [0.29, 0.717) is 18.8 Å². The van der Waals surface area contributed by atoms with Crippen molar-refractivity contribution in [3.63, 3.8) is 0 Å². The number of ether oxygens (including phenoxy) is 1. The van der Waals surface area contributed by atoms with Crippen LogP contribution in [-0.2, 0) is 11.3 Å². The highest BCUT2D eigenvalue weighted by molar-refractivity contribution is 6.13. The first-order chi connectivity index (χ1) is 15.3. The minimum Gasteiger partial charge on any atom is -0.461 e. The lowest BCUT2D eigenvalue weighted by atomic mass is 10.1. The topological polar surface area (TPSA) is 57.0 Å². The third-order valence-electron chi connectivity index (χ3n) is 5.35. The second-order valence-electron chi connectivity index (χ2n) is 7.30. The zero-order chi connectivity index (χ0) is 21.2. The molecule has 31 heavy (non-hydrogen) atoms. The fourth-order valence-corrected chi connectivity index (χ4v) is 4.02. The first-order valence-electron chi connectivity index (χ1n) is 10.3. The number of carbonyl (C=O) groups excluding carboxylic acids is 1. The van der Waals surface area contributed by atoms with Crippen LogP contribution in [0.4, 0.5) is 0 Å². The average molecular weight is 407 g/mol. The van der Waals surface area contributed by atoms with Gasteiger partial charge in [0.05, 0.1) is 17.8 Å². The standard InChI is InChI=1S/C26H21N3O2/c1-2-31-26(30)22-15-21-20-12-6-7-13-23(20)29(17-18-9-4-3-5-10-18)25(21)24(28-22)19-11-8-14-27-16-19/h3-16H,2,17H2,1H3. The van der Waals surface area contributed by atoms with Crippen molar-refractivity contribution in [3.8, 4) is 11.3 Å². The van der Waals surface area contributed by atoms with Gasteiger partial charge in [-0.25, -0.2) is 9.78 Å². The molecule has 3 heterocycles. The molecule has 0 atom stereocenters. The van der Waals surface area contributed by atoms with Crippen LogP contribution in [0.1, 0.15) is 23.0 Å². The summed E-state index contributed by atoms with van der Waals surface area (Å²) in [6, 6.07) is 24.3. The largest absolute Gasteiger partial charge is 0.461 e. The summed E-state index contributed by atoms with van der Waals surface area (Å²) in [5, 5.41) is 2.05. The minimum atomic E-state index is -0.422. The number of rotatable bonds is 5. The van der Waals surface area contributed by atoms with Gasteiger partial charge in [0.1, 0.15) is 5.69 Å². The average Bonchev–Trinajstić information content (AvgIpc) is 3.13. The van der Waals surface area contributed by atoms with Crippen molar-refractivity contribution >= 4 is 27.8 Å². The summed E-state index contributed by atoms with van der Waals surface area (Å²) in [4.78, 5) is 21.6. The molecule has 0 radical (unpaired) electrons. The quantitative estimate of drug-likeness (QED) is 0.362. The lowest BCUT2D eigenvalue weighted by molar-refractivity contribution is 0.0520. The highest BCUT2D eigenvalue weighted by atomic mass is 16.5. The summed E-state index contributed by atoms with van der Waals surface area (Å²) >= 11 is 0. The van der Waals surface area contributed by atoms with Crippen molar-refractivity contribution in [1.29, 1.82) is 0 Å². The SMILES string of the molecule is CCOC(=O)c1cc2c3ccccc3n(Cc3ccccc3)c2c(-c2cccnc2)n1. The molecule has 3 aromatic heterocycles. The number of aromatic nitrogens is 3. The predicted molar refractivity (Wildman–Crippen MR) is 122 cm³/mol. The van der Waals surface area contributed by atoms with Gasteiger partial charge in [-0.05, 0) is 36.8 Å². The van der Waals surface area contributed by atoms with Gasteiger partial charge in [0, 0.05) is 40.8 Å². The molecule has 0 aliphatic rings. The molecule has 0 aliphatic heterocycles. The van der Waals surface area contributed by atoms with E-state index in [2.05, 4.69) is 33.8 Å². The Kier molecular flexibility index (Phi) is 4.92. The van der Waals surface area contributed by atoms with Gasteiger partial charge in [-0.2, -0.15) is 0 Å². The Labute approximate surface area is 180 Å². The van der Waals surface area contributed by atoms with E-state index in [1.807, 2.05) is 48.5 Å². The van der Waals surface area contributed by atoms with Crippen molar-refractivity contribution in [2.24, 2.45) is 0 Å². The zero-order valence-electron chi connectivity index (χ0n) is 17.2. The summed E-state index contributed by atoms with van der Waals surface area (Å²) in [5.74, 6) is -0.422. The Hall–Kier alpha value is -3.99. The molecule has 0 fully saturated rings. The molecule has 0 saturated heterocycles. The molecule has 0 spiro atoms. The molecule has 2 aromatic carbocycles. The van der Waals surface area contributed by atoms with Crippen molar-refractivity contribution in [2.75, 3.05) is 6.61 Å². The van der Waals surface area contributed by atoms with Gasteiger partial charge in [-0.3, -0.25) is 4.98 Å². The van der Waals surface area contributed by atoms with E-state index in [-0.39, 0.29) is 0 Å². The van der Waals surface area contributed by atoms with E-state index in [0.717, 1.165) is 33.1 Å². The van der Waals surface area contributed by atoms with Crippen LogP contribution in [0.25, 0.3) is 33.1 Å². The number of benzene rings is 2. The molecule has 5 rings (SSSR count). The van der Waals surface area contributed by atoms with Crippen molar-refractivity contribution in [2.45, 2.75) is 13.5 Å². The van der Waals surface area contributed by atoms with E-state index in [1.54, 1.807) is 19.3 Å². The number of fused-ring (bicyclic) bond motifs is 3. The number of nitrogens with zero attached hydrogens (tertiary/aromatic N) is 3. The normalized spacial score (nSPS) is 11.1. The molecule has 0 saturated carbocycles. The summed E-state index contributed by atoms with van der Waals surface area (Å²) in [6.07, 6.45) is 3.51. The van der Waals surface area contributed by atoms with E-state index in [1.165, 1.54) is 5.56 Å². The van der Waals surface area contributed by atoms with E-state index < -0.39 is 5.97 Å². The van der Waals surface area contributed by atoms with Crippen LogP contribution in [0, 0.1) is 0 Å². The van der Waals surface area contributed by atoms with Crippen molar-refractivity contribution in [3.05, 3.63) is 96.4 Å². The molecular formula is C26H21N3O2. The summed E-state index contributed by atoms with van der Waals surface area (Å²) < 4.78 is 7.53. The summed E-state index contributed by atoms with van der Waals surface area (Å²) in [5.41, 5.74) is 5.14. The van der Waals surface area contributed by atoms with E-state index >= 15 is 0 Å². The smallest absolute Gasteiger partial charge is 0.356 e. The van der Waals surface area contributed by atoms with Crippen LogP contribution in [0.2, 0.25) is 0 Å². The molecule has 0 aliphatic carbocycles. The number of esters is 1. The van der Waals surface area contributed by atoms with Gasteiger partial charge in [0.15, 0.2) is 0 Å². The number of carbonyl (C=O) groups is 1. The molecular weight excluding hydrogens is 386 g/mol. The minimum absolute atomic E-state index is 0.302. The lowest BCUT2D eigenvalue weighted by Gasteiger charge is -2.12. The van der Waals surface area contributed by atoms with Gasteiger partial charge >= 0.3 is 5.97 Å². The van der Waals surface area contributed by atoms with Crippen LogP contribution in [0.3, 0.4) is 0 Å². The van der Waals surface area contributed by atoms with Gasteiger partial charge in [-0.15, -0.1) is 0 Å². The van der Waals surface area contributed by atoms with Crippen LogP contribution < -0.4 is 0 Å². The number of para-hydroxylation sites is 1.